The Hall–Kier alpha value is -2.08. The van der Waals surface area contributed by atoms with Crippen LogP contribution in [0.2, 0.25) is 0 Å². The molecule has 0 rings (SSSR count). The van der Waals surface area contributed by atoms with Gasteiger partial charge in [0.05, 0.1) is 0 Å². The van der Waals surface area contributed by atoms with E-state index in [4.69, 9.17) is 50.7 Å². The van der Waals surface area contributed by atoms with Crippen molar-refractivity contribution in [2.24, 2.45) is 0 Å². The second kappa shape index (κ2) is 29.0. The third-order valence-electron chi connectivity index (χ3n) is 5.64. The van der Waals surface area contributed by atoms with Crippen molar-refractivity contribution < 1.29 is 37.9 Å². The van der Waals surface area contributed by atoms with Gasteiger partial charge in [-0.1, -0.05) is 51.4 Å². The van der Waals surface area contributed by atoms with Gasteiger partial charge in [-0.3, -0.25) is 0 Å². The fourth-order valence-electron chi connectivity index (χ4n) is 1.89. The molecule has 2 unspecified atom stereocenters. The normalized spacial score (nSPS) is 13.0. The average Bonchev–Trinajstić information content (AvgIpc) is 3.00. The van der Waals surface area contributed by atoms with Crippen molar-refractivity contribution in [3.05, 3.63) is 0 Å². The zero-order chi connectivity index (χ0) is 33.6. The van der Waals surface area contributed by atoms with Crippen LogP contribution in [0.4, 0.5) is 0 Å². The highest BCUT2D eigenvalue weighted by atomic mass is 16.7. The number of hydrogen-bond acceptors (Lipinski definition) is 8. The maximum atomic E-state index is 5.43. The highest BCUT2D eigenvalue weighted by Gasteiger charge is 2.21. The summed E-state index contributed by atoms with van der Waals surface area (Å²) in [6.07, 6.45) is 13.3. The fraction of sp³-hybridized carbons (Fsp3) is 0.765. The summed E-state index contributed by atoms with van der Waals surface area (Å²) in [6, 6.07) is 0. The van der Waals surface area contributed by atoms with Crippen molar-refractivity contribution in [1.82, 2.24) is 0 Å². The Labute approximate surface area is 259 Å². The summed E-state index contributed by atoms with van der Waals surface area (Å²) in [4.78, 5) is 0. The highest BCUT2D eigenvalue weighted by molar-refractivity contribution is 4.98. The lowest BCUT2D eigenvalue weighted by molar-refractivity contribution is -0.203. The standard InChI is InChI=1S/C10H18O2.C9H16O2.C8H14O2.C7H12O2/c1-5-7-8-9-12-10(3,6-2)11-4;1-5-6-7-8-11-9(2,3)10-4;1-5-7-10-8(3,6-2)9-4;1-5-6-9-7(2,3)8-4/h5-6,9H2,1-4H3;5,8H2,1-4H3;1H,6-7H2,2-4H3;1H,6H2,2-4H3. The SMILES string of the molecule is C#CCOC(C)(C)OC.C#CCOC(C)(CC)OC.CCC#CCOC(C)(C)OC.CCC#CCOC(C)(CC)OC. The number of hydrogen-bond donors (Lipinski definition) is 0. The van der Waals surface area contributed by atoms with E-state index in [0.717, 1.165) is 25.7 Å². The van der Waals surface area contributed by atoms with Gasteiger partial charge in [0, 0.05) is 41.3 Å². The minimum atomic E-state index is -0.549. The molecule has 42 heavy (non-hydrogen) atoms. The summed E-state index contributed by atoms with van der Waals surface area (Å²) in [5.74, 6) is 14.3. The first-order chi connectivity index (χ1) is 19.6. The molecule has 0 aliphatic rings. The molecule has 2 atom stereocenters. The predicted molar refractivity (Wildman–Crippen MR) is 171 cm³/mol. The molecule has 8 nitrogen and oxygen atoms in total. The second-order valence-corrected chi connectivity index (χ2v) is 9.57. The van der Waals surface area contributed by atoms with Gasteiger partial charge in [0.1, 0.15) is 26.4 Å². The third kappa shape index (κ3) is 32.4. The van der Waals surface area contributed by atoms with E-state index < -0.39 is 23.1 Å². The van der Waals surface area contributed by atoms with E-state index in [1.807, 2.05) is 69.2 Å². The molecule has 0 bridgehead atoms. The number of ether oxygens (including phenoxy) is 8. The smallest absolute Gasteiger partial charge is 0.166 e. The van der Waals surface area contributed by atoms with Crippen molar-refractivity contribution >= 4 is 0 Å². The number of methoxy groups -OCH3 is 4. The molecule has 0 aliphatic heterocycles. The summed E-state index contributed by atoms with van der Waals surface area (Å²) in [6.45, 7) is 20.6. The Morgan fingerprint density at radius 1 is 0.452 bits per heavy atom. The van der Waals surface area contributed by atoms with E-state index >= 15 is 0 Å². The first-order valence-electron chi connectivity index (χ1n) is 14.2. The van der Waals surface area contributed by atoms with E-state index in [0.29, 0.717) is 26.4 Å². The van der Waals surface area contributed by atoms with E-state index in [-0.39, 0.29) is 0 Å². The lowest BCUT2D eigenvalue weighted by Gasteiger charge is -2.25. The molecule has 8 heteroatoms. The molecular weight excluding hydrogens is 536 g/mol. The van der Waals surface area contributed by atoms with Crippen molar-refractivity contribution in [2.75, 3.05) is 54.9 Å². The van der Waals surface area contributed by atoms with Crippen LogP contribution in [0.3, 0.4) is 0 Å². The molecule has 0 aromatic heterocycles. The van der Waals surface area contributed by atoms with Crippen molar-refractivity contribution in [1.29, 1.82) is 0 Å². The lowest BCUT2D eigenvalue weighted by atomic mass is 10.2. The summed E-state index contributed by atoms with van der Waals surface area (Å²) in [7, 11) is 6.46. The van der Waals surface area contributed by atoms with Crippen LogP contribution in [0, 0.1) is 48.4 Å². The highest BCUT2D eigenvalue weighted by Crippen LogP contribution is 2.15. The molecule has 0 saturated carbocycles. The zero-order valence-electron chi connectivity index (χ0n) is 29.1. The molecule has 244 valence electrons. The molecular formula is C34H60O8. The average molecular weight is 597 g/mol. The van der Waals surface area contributed by atoms with Crippen LogP contribution >= 0.6 is 0 Å². The Morgan fingerprint density at radius 2 is 0.762 bits per heavy atom. The Balaban J connectivity index is -0.000000230. The number of rotatable bonds is 14. The minimum absolute atomic E-state index is 0.292. The molecule has 0 aromatic rings. The maximum absolute atomic E-state index is 5.43. The van der Waals surface area contributed by atoms with Crippen LogP contribution in [0.15, 0.2) is 0 Å². The summed E-state index contributed by atoms with van der Waals surface area (Å²) < 4.78 is 41.2. The maximum Gasteiger partial charge on any atom is 0.166 e. The van der Waals surface area contributed by atoms with Gasteiger partial charge in [-0.05, 0) is 54.4 Å². The van der Waals surface area contributed by atoms with E-state index in [1.165, 1.54) is 0 Å². The van der Waals surface area contributed by atoms with Gasteiger partial charge in [0.2, 0.25) is 0 Å². The summed E-state index contributed by atoms with van der Waals surface area (Å²) in [5, 5.41) is 0. The molecule has 0 spiro atoms. The van der Waals surface area contributed by atoms with Gasteiger partial charge in [0.25, 0.3) is 0 Å². The van der Waals surface area contributed by atoms with Gasteiger partial charge < -0.3 is 37.9 Å². The van der Waals surface area contributed by atoms with E-state index in [1.54, 1.807) is 28.4 Å². The Bertz CT molecular complexity index is 820. The van der Waals surface area contributed by atoms with E-state index in [2.05, 4.69) is 35.5 Å². The van der Waals surface area contributed by atoms with Crippen LogP contribution < -0.4 is 0 Å². The van der Waals surface area contributed by atoms with Crippen LogP contribution in [-0.4, -0.2) is 78.0 Å². The minimum Gasteiger partial charge on any atom is -0.354 e. The molecule has 0 aromatic carbocycles. The van der Waals surface area contributed by atoms with Crippen LogP contribution in [0.1, 0.15) is 94.9 Å². The van der Waals surface area contributed by atoms with Gasteiger partial charge in [-0.2, -0.15) is 0 Å². The molecule has 0 N–H and O–H groups in total. The third-order valence-corrected chi connectivity index (χ3v) is 5.64. The van der Waals surface area contributed by atoms with Gasteiger partial charge in [0.15, 0.2) is 23.1 Å². The molecule has 0 aliphatic carbocycles. The topological polar surface area (TPSA) is 73.8 Å². The van der Waals surface area contributed by atoms with Gasteiger partial charge in [-0.25, -0.2) is 0 Å². The van der Waals surface area contributed by atoms with Crippen LogP contribution in [0.25, 0.3) is 0 Å². The van der Waals surface area contributed by atoms with Crippen molar-refractivity contribution in [2.45, 2.75) is 118 Å². The molecule has 0 fully saturated rings. The molecule has 0 saturated heterocycles. The van der Waals surface area contributed by atoms with Crippen molar-refractivity contribution in [3.8, 4) is 48.4 Å². The monoisotopic (exact) mass is 596 g/mol. The van der Waals surface area contributed by atoms with Gasteiger partial charge >= 0.3 is 0 Å². The van der Waals surface area contributed by atoms with Gasteiger partial charge in [-0.15, -0.1) is 24.7 Å². The number of terminal acetylenes is 2. The first kappa shape index (κ1) is 46.9. The molecule has 0 heterocycles. The Kier molecular flexibility index (Phi) is 32.4. The quantitative estimate of drug-likeness (QED) is 0.168. The second-order valence-electron chi connectivity index (χ2n) is 9.57. The zero-order valence-corrected chi connectivity index (χ0v) is 29.1. The fourth-order valence-corrected chi connectivity index (χ4v) is 1.89. The Morgan fingerprint density at radius 3 is 1.05 bits per heavy atom. The van der Waals surface area contributed by atoms with E-state index in [9.17, 15) is 0 Å². The van der Waals surface area contributed by atoms with Crippen molar-refractivity contribution in [3.63, 3.8) is 0 Å². The molecule has 0 amide bonds. The summed E-state index contributed by atoms with van der Waals surface area (Å²) >= 11 is 0. The summed E-state index contributed by atoms with van der Waals surface area (Å²) in [5.41, 5.74) is 0. The largest absolute Gasteiger partial charge is 0.354 e. The lowest BCUT2D eigenvalue weighted by Crippen LogP contribution is -2.30. The molecule has 0 radical (unpaired) electrons. The predicted octanol–water partition coefficient (Wildman–Crippen LogP) is 6.42. The van der Waals surface area contributed by atoms with Crippen LogP contribution in [0.5, 0.6) is 0 Å². The first-order valence-corrected chi connectivity index (χ1v) is 14.2. The van der Waals surface area contributed by atoms with Crippen LogP contribution in [-0.2, 0) is 37.9 Å².